The number of pyridine rings is 1. The lowest BCUT2D eigenvalue weighted by atomic mass is 9.89. The van der Waals surface area contributed by atoms with Gasteiger partial charge in [0.15, 0.2) is 0 Å². The molecule has 278 valence electrons. The summed E-state index contributed by atoms with van der Waals surface area (Å²) < 4.78 is 0. The first-order valence-electron chi connectivity index (χ1n) is 20.3. The number of rotatable bonds is 6. The molecule has 0 spiro atoms. The van der Waals surface area contributed by atoms with E-state index in [9.17, 15) is 0 Å². The standard InChI is InChI=1S/C55H38N4/c1-4-16-45(17-5-1)57-36-42-30-31-48(41-29-26-37-14-10-11-15-40(37)32-41)54-53(42)52-44(35-56-54)33-43(34-51(52)57)38-24-27-39(28-25-38)55-58(46-18-6-2-7-19-46)49-22-12-13-23-50(49)59(55)47-20-8-3-9-21-47/h1-35,55H,36H2. The van der Waals surface area contributed by atoms with Crippen LogP contribution in [0.5, 0.6) is 0 Å². The molecule has 12 rings (SSSR count). The van der Waals surface area contributed by atoms with Crippen LogP contribution in [0.2, 0.25) is 0 Å². The van der Waals surface area contributed by atoms with E-state index in [0.29, 0.717) is 0 Å². The van der Waals surface area contributed by atoms with Crippen molar-refractivity contribution in [3.63, 3.8) is 0 Å². The van der Waals surface area contributed by atoms with Crippen LogP contribution in [0, 0.1) is 0 Å². The summed E-state index contributed by atoms with van der Waals surface area (Å²) in [5, 5.41) is 6.13. The predicted molar refractivity (Wildman–Crippen MR) is 246 cm³/mol. The van der Waals surface area contributed by atoms with Gasteiger partial charge in [0.1, 0.15) is 6.17 Å². The number of anilines is 6. The lowest BCUT2D eigenvalue weighted by Crippen LogP contribution is -2.30. The molecule has 2 aliphatic heterocycles. The molecule has 0 radical (unpaired) electrons. The number of benzene rings is 9. The Hall–Kier alpha value is -7.69. The lowest BCUT2D eigenvalue weighted by Gasteiger charge is -2.34. The summed E-state index contributed by atoms with van der Waals surface area (Å²) in [5.41, 5.74) is 15.3. The highest BCUT2D eigenvalue weighted by Gasteiger charge is 2.38. The number of hydrogen-bond acceptors (Lipinski definition) is 4. The summed E-state index contributed by atoms with van der Waals surface area (Å²) >= 11 is 0. The molecule has 0 saturated heterocycles. The Morgan fingerprint density at radius 2 is 0.983 bits per heavy atom. The minimum atomic E-state index is -0.0802. The van der Waals surface area contributed by atoms with E-state index in [1.54, 1.807) is 0 Å². The van der Waals surface area contributed by atoms with Crippen molar-refractivity contribution in [2.75, 3.05) is 14.7 Å². The third-order valence-electron chi connectivity index (χ3n) is 12.2. The van der Waals surface area contributed by atoms with E-state index in [-0.39, 0.29) is 6.17 Å². The average molecular weight is 755 g/mol. The SMILES string of the molecule is c1ccc(N2Cc3ccc(-c4ccc5ccccc5c4)c4ncc5cc(-c6ccc(C7N(c8ccccc8)c8ccccc8N7c7ccccc7)cc6)cc2c5c34)cc1. The molecule has 0 bridgehead atoms. The summed E-state index contributed by atoms with van der Waals surface area (Å²) in [6.07, 6.45) is 2.01. The highest BCUT2D eigenvalue weighted by atomic mass is 15.4. The summed E-state index contributed by atoms with van der Waals surface area (Å²) in [4.78, 5) is 12.7. The second-order valence-corrected chi connectivity index (χ2v) is 15.6. The normalized spacial score (nSPS) is 13.5. The molecule has 1 aromatic heterocycles. The minimum Gasteiger partial charge on any atom is -0.336 e. The summed E-state index contributed by atoms with van der Waals surface area (Å²) in [6, 6.07) is 74.9. The summed E-state index contributed by atoms with van der Waals surface area (Å²) in [5.74, 6) is 0. The molecule has 0 saturated carbocycles. The molecule has 4 nitrogen and oxygen atoms in total. The van der Waals surface area contributed by atoms with Crippen LogP contribution in [0.1, 0.15) is 17.3 Å². The molecule has 10 aromatic rings. The van der Waals surface area contributed by atoms with E-state index in [0.717, 1.165) is 28.8 Å². The molecule has 3 heterocycles. The van der Waals surface area contributed by atoms with E-state index in [4.69, 9.17) is 4.98 Å². The lowest BCUT2D eigenvalue weighted by molar-refractivity contribution is 0.746. The van der Waals surface area contributed by atoms with Crippen LogP contribution in [0.3, 0.4) is 0 Å². The molecule has 0 amide bonds. The van der Waals surface area contributed by atoms with Gasteiger partial charge in [0.05, 0.1) is 22.6 Å². The molecule has 0 atom stereocenters. The van der Waals surface area contributed by atoms with Crippen LogP contribution in [0.4, 0.5) is 34.1 Å². The van der Waals surface area contributed by atoms with E-state index in [1.807, 2.05) is 0 Å². The third kappa shape index (κ3) is 5.41. The number of hydrogen-bond donors (Lipinski definition) is 0. The quantitative estimate of drug-likeness (QED) is 0.158. The predicted octanol–water partition coefficient (Wildman–Crippen LogP) is 14.5. The zero-order chi connectivity index (χ0) is 38.9. The van der Waals surface area contributed by atoms with Crippen molar-refractivity contribution in [2.45, 2.75) is 12.7 Å². The summed E-state index contributed by atoms with van der Waals surface area (Å²) in [6.45, 7) is 0.765. The van der Waals surface area contributed by atoms with Gasteiger partial charge in [-0.2, -0.15) is 0 Å². The Morgan fingerprint density at radius 1 is 0.407 bits per heavy atom. The van der Waals surface area contributed by atoms with Gasteiger partial charge < -0.3 is 14.7 Å². The topological polar surface area (TPSA) is 22.6 Å². The summed E-state index contributed by atoms with van der Waals surface area (Å²) in [7, 11) is 0. The van der Waals surface area contributed by atoms with Crippen LogP contribution in [0.15, 0.2) is 212 Å². The number of para-hydroxylation sites is 5. The van der Waals surface area contributed by atoms with E-state index in [2.05, 4.69) is 227 Å². The van der Waals surface area contributed by atoms with Crippen LogP contribution in [0.25, 0.3) is 54.7 Å². The van der Waals surface area contributed by atoms with Crippen molar-refractivity contribution < 1.29 is 0 Å². The fourth-order valence-electron chi connectivity index (χ4n) is 9.53. The molecule has 59 heavy (non-hydrogen) atoms. The van der Waals surface area contributed by atoms with Crippen LogP contribution >= 0.6 is 0 Å². The van der Waals surface area contributed by atoms with Gasteiger partial charge >= 0.3 is 0 Å². The maximum Gasteiger partial charge on any atom is 0.137 e. The molecule has 4 heteroatoms. The maximum absolute atomic E-state index is 5.26. The third-order valence-corrected chi connectivity index (χ3v) is 12.2. The first kappa shape index (κ1) is 33.4. The van der Waals surface area contributed by atoms with Gasteiger partial charge in [0.25, 0.3) is 0 Å². The van der Waals surface area contributed by atoms with Crippen molar-refractivity contribution in [2.24, 2.45) is 0 Å². The van der Waals surface area contributed by atoms with Gasteiger partial charge in [0, 0.05) is 51.5 Å². The molecule has 0 fully saturated rings. The second kappa shape index (κ2) is 13.5. The zero-order valence-electron chi connectivity index (χ0n) is 32.3. The van der Waals surface area contributed by atoms with Crippen molar-refractivity contribution >= 4 is 66.6 Å². The Morgan fingerprint density at radius 3 is 1.66 bits per heavy atom. The minimum absolute atomic E-state index is 0.0802. The Balaban J connectivity index is 1.01. The maximum atomic E-state index is 5.26. The second-order valence-electron chi connectivity index (χ2n) is 15.6. The van der Waals surface area contributed by atoms with E-state index >= 15 is 0 Å². The average Bonchev–Trinajstić information content (AvgIpc) is 3.66. The molecule has 2 aliphatic rings. The van der Waals surface area contributed by atoms with Crippen molar-refractivity contribution in [1.82, 2.24) is 4.98 Å². The fraction of sp³-hybridized carbons (Fsp3) is 0.0364. The highest BCUT2D eigenvalue weighted by molar-refractivity contribution is 6.19. The zero-order valence-corrected chi connectivity index (χ0v) is 32.3. The van der Waals surface area contributed by atoms with Gasteiger partial charge in [-0.3, -0.25) is 4.98 Å². The van der Waals surface area contributed by atoms with Crippen molar-refractivity contribution in [1.29, 1.82) is 0 Å². The highest BCUT2D eigenvalue weighted by Crippen LogP contribution is 2.54. The molecule has 0 N–H and O–H groups in total. The van der Waals surface area contributed by atoms with Crippen LogP contribution < -0.4 is 14.7 Å². The first-order chi connectivity index (χ1) is 29.3. The number of fused-ring (bicyclic) bond motifs is 2. The molecule has 0 aliphatic carbocycles. The Labute approximate surface area is 343 Å². The molecular weight excluding hydrogens is 717 g/mol. The molecular formula is C55H38N4. The van der Waals surface area contributed by atoms with Gasteiger partial charge in [-0.25, -0.2) is 0 Å². The van der Waals surface area contributed by atoms with Crippen LogP contribution in [-0.2, 0) is 6.54 Å². The molecule has 9 aromatic carbocycles. The first-order valence-corrected chi connectivity index (χ1v) is 20.3. The number of nitrogens with zero attached hydrogens (tertiary/aromatic N) is 4. The monoisotopic (exact) mass is 754 g/mol. The van der Waals surface area contributed by atoms with Crippen molar-refractivity contribution in [3.8, 4) is 22.3 Å². The van der Waals surface area contributed by atoms with E-state index in [1.165, 1.54) is 77.7 Å². The van der Waals surface area contributed by atoms with Gasteiger partial charge in [-0.05, 0) is 105 Å². The Kier molecular flexibility index (Phi) is 7.63. The Bertz CT molecular complexity index is 3130. The smallest absolute Gasteiger partial charge is 0.137 e. The van der Waals surface area contributed by atoms with E-state index < -0.39 is 0 Å². The number of aromatic nitrogens is 1. The fourth-order valence-corrected chi connectivity index (χ4v) is 9.53. The molecule has 0 unspecified atom stereocenters. The van der Waals surface area contributed by atoms with Gasteiger partial charge in [-0.15, -0.1) is 0 Å². The largest absolute Gasteiger partial charge is 0.336 e. The van der Waals surface area contributed by atoms with Crippen molar-refractivity contribution in [3.05, 3.63) is 224 Å². The van der Waals surface area contributed by atoms with Gasteiger partial charge in [0.2, 0.25) is 0 Å². The van der Waals surface area contributed by atoms with Crippen LogP contribution in [-0.4, -0.2) is 4.98 Å². The van der Waals surface area contributed by atoms with Gasteiger partial charge in [-0.1, -0.05) is 140 Å².